The summed E-state index contributed by atoms with van der Waals surface area (Å²) in [5.41, 5.74) is 2.07. The Morgan fingerprint density at radius 1 is 1.35 bits per heavy atom. The highest BCUT2D eigenvalue weighted by molar-refractivity contribution is 5.83. The number of benzene rings is 1. The summed E-state index contributed by atoms with van der Waals surface area (Å²) in [7, 11) is 0. The Kier molecular flexibility index (Phi) is 5.77. The molecule has 122 valence electrons. The molecule has 0 fully saturated rings. The first-order valence-corrected chi connectivity index (χ1v) is 7.62. The molecule has 0 saturated carbocycles. The number of fused-ring (bicyclic) bond motifs is 1. The van der Waals surface area contributed by atoms with Crippen molar-refractivity contribution in [2.45, 2.75) is 32.8 Å². The van der Waals surface area contributed by atoms with E-state index in [1.807, 2.05) is 26.0 Å². The van der Waals surface area contributed by atoms with Gasteiger partial charge in [0.2, 0.25) is 0 Å². The Hall–Kier alpha value is -2.33. The molecule has 1 atom stereocenters. The molecule has 2 rings (SSSR count). The van der Waals surface area contributed by atoms with Gasteiger partial charge in [-0.25, -0.2) is 4.79 Å². The minimum absolute atomic E-state index is 0.374. The Morgan fingerprint density at radius 3 is 2.87 bits per heavy atom. The second-order valence-electron chi connectivity index (χ2n) is 5.68. The third kappa shape index (κ3) is 4.83. The van der Waals surface area contributed by atoms with Gasteiger partial charge in [0, 0.05) is 6.07 Å². The summed E-state index contributed by atoms with van der Waals surface area (Å²) in [5.74, 6) is 0.678. The van der Waals surface area contributed by atoms with E-state index < -0.39 is 6.10 Å². The fraction of sp³-hybridized carbons (Fsp3) is 0.316. The molecule has 0 saturated heterocycles. The molecule has 23 heavy (non-hydrogen) atoms. The van der Waals surface area contributed by atoms with Crippen LogP contribution in [0.3, 0.4) is 0 Å². The zero-order valence-corrected chi connectivity index (χ0v) is 13.5. The Labute approximate surface area is 135 Å². The number of rotatable bonds is 7. The molecule has 1 N–H and O–H groups in total. The second-order valence-corrected chi connectivity index (χ2v) is 5.68. The quantitative estimate of drug-likeness (QED) is 0.623. The Morgan fingerprint density at radius 2 is 2.13 bits per heavy atom. The molecular formula is C19H22O4. The van der Waals surface area contributed by atoms with Crippen molar-refractivity contribution >= 4 is 11.0 Å². The molecule has 1 unspecified atom stereocenters. The van der Waals surface area contributed by atoms with Crippen LogP contribution in [0.2, 0.25) is 0 Å². The van der Waals surface area contributed by atoms with Crippen molar-refractivity contribution in [3.8, 4) is 5.75 Å². The van der Waals surface area contributed by atoms with Crippen molar-refractivity contribution in [3.63, 3.8) is 0 Å². The summed E-state index contributed by atoms with van der Waals surface area (Å²) in [6.07, 6.45) is 2.99. The van der Waals surface area contributed by atoms with Crippen LogP contribution < -0.4 is 10.4 Å². The van der Waals surface area contributed by atoms with Crippen LogP contribution in [0.25, 0.3) is 11.0 Å². The third-order valence-corrected chi connectivity index (χ3v) is 3.67. The van der Waals surface area contributed by atoms with Gasteiger partial charge in [0.1, 0.15) is 17.9 Å². The van der Waals surface area contributed by atoms with Crippen molar-refractivity contribution < 1.29 is 14.3 Å². The van der Waals surface area contributed by atoms with Crippen molar-refractivity contribution in [1.82, 2.24) is 0 Å². The monoisotopic (exact) mass is 314 g/mol. The van der Waals surface area contributed by atoms with Crippen LogP contribution in [-0.4, -0.2) is 17.8 Å². The minimum atomic E-state index is -0.458. The van der Waals surface area contributed by atoms with Gasteiger partial charge in [-0.05, 0) is 51.0 Å². The van der Waals surface area contributed by atoms with Crippen molar-refractivity contribution in [3.05, 3.63) is 64.6 Å². The van der Waals surface area contributed by atoms with Crippen LogP contribution in [0, 0.1) is 0 Å². The second kappa shape index (κ2) is 7.79. The Bertz CT molecular complexity index is 770. The summed E-state index contributed by atoms with van der Waals surface area (Å²) in [4.78, 5) is 11.2. The van der Waals surface area contributed by atoms with E-state index in [2.05, 4.69) is 6.58 Å². The summed E-state index contributed by atoms with van der Waals surface area (Å²) < 4.78 is 10.9. The van der Waals surface area contributed by atoms with E-state index in [0.717, 1.165) is 23.0 Å². The van der Waals surface area contributed by atoms with Crippen LogP contribution in [0.1, 0.15) is 26.7 Å². The van der Waals surface area contributed by atoms with Crippen LogP contribution in [0.5, 0.6) is 5.75 Å². The van der Waals surface area contributed by atoms with E-state index in [1.165, 1.54) is 6.07 Å². The van der Waals surface area contributed by atoms with E-state index in [-0.39, 0.29) is 5.63 Å². The molecule has 1 heterocycles. The van der Waals surface area contributed by atoms with Crippen molar-refractivity contribution in [1.29, 1.82) is 0 Å². The van der Waals surface area contributed by atoms with E-state index in [4.69, 9.17) is 9.15 Å². The molecule has 0 radical (unpaired) electrons. The van der Waals surface area contributed by atoms with Gasteiger partial charge in [-0.15, -0.1) is 0 Å². The van der Waals surface area contributed by atoms with E-state index in [9.17, 15) is 9.90 Å². The number of hydrogen-bond donors (Lipinski definition) is 1. The van der Waals surface area contributed by atoms with Crippen LogP contribution in [0.4, 0.5) is 0 Å². The lowest BCUT2D eigenvalue weighted by atomic mass is 10.0. The van der Waals surface area contributed by atoms with Gasteiger partial charge >= 0.3 is 5.63 Å². The van der Waals surface area contributed by atoms with Gasteiger partial charge in [0.15, 0.2) is 0 Å². The largest absolute Gasteiger partial charge is 0.489 e. The number of hydrogen-bond acceptors (Lipinski definition) is 4. The first-order chi connectivity index (χ1) is 11.0. The van der Waals surface area contributed by atoms with Gasteiger partial charge in [0.05, 0.1) is 11.5 Å². The normalized spacial score (nSPS) is 13.1. The van der Waals surface area contributed by atoms with Gasteiger partial charge in [-0.1, -0.05) is 23.8 Å². The van der Waals surface area contributed by atoms with Crippen LogP contribution in [0.15, 0.2) is 63.3 Å². The fourth-order valence-corrected chi connectivity index (χ4v) is 2.18. The highest BCUT2D eigenvalue weighted by Gasteiger charge is 2.05. The van der Waals surface area contributed by atoms with Gasteiger partial charge in [-0.2, -0.15) is 0 Å². The maximum Gasteiger partial charge on any atom is 0.336 e. The molecule has 1 aromatic carbocycles. The van der Waals surface area contributed by atoms with Crippen LogP contribution >= 0.6 is 0 Å². The standard InChI is InChI=1S/C19H22O4/c1-13(2)16(20)9-7-14(3)11-12-22-17-5-4-6-18-15(17)8-10-19(21)23-18/h4-6,8,10-11,16,20H,1,7,9,12H2,2-3H3. The average Bonchev–Trinajstić information content (AvgIpc) is 2.52. The number of aliphatic hydroxyl groups excluding tert-OH is 1. The number of allylic oxidation sites excluding steroid dienone is 1. The maximum absolute atomic E-state index is 11.2. The van der Waals surface area contributed by atoms with Gasteiger partial charge < -0.3 is 14.3 Å². The molecule has 4 heteroatoms. The maximum atomic E-state index is 11.2. The van der Waals surface area contributed by atoms with Gasteiger partial charge in [-0.3, -0.25) is 0 Å². The molecule has 0 bridgehead atoms. The molecule has 4 nitrogen and oxygen atoms in total. The highest BCUT2D eigenvalue weighted by atomic mass is 16.5. The predicted molar refractivity (Wildman–Crippen MR) is 91.8 cm³/mol. The average molecular weight is 314 g/mol. The zero-order chi connectivity index (χ0) is 16.8. The van der Waals surface area contributed by atoms with Crippen molar-refractivity contribution in [2.24, 2.45) is 0 Å². The lowest BCUT2D eigenvalue weighted by Gasteiger charge is -2.10. The first kappa shape index (κ1) is 17.0. The fourth-order valence-electron chi connectivity index (χ4n) is 2.18. The molecule has 1 aromatic heterocycles. The molecule has 2 aromatic rings. The van der Waals surface area contributed by atoms with E-state index in [0.29, 0.717) is 24.4 Å². The smallest absolute Gasteiger partial charge is 0.336 e. The molecule has 0 aliphatic heterocycles. The summed E-state index contributed by atoms with van der Waals surface area (Å²) in [6.45, 7) is 8.00. The van der Waals surface area contributed by atoms with E-state index >= 15 is 0 Å². The SMILES string of the molecule is C=C(C)C(O)CCC(C)=CCOc1cccc2oc(=O)ccc12. The van der Waals surface area contributed by atoms with Gasteiger partial charge in [0.25, 0.3) is 0 Å². The topological polar surface area (TPSA) is 59.7 Å². The van der Waals surface area contributed by atoms with Crippen molar-refractivity contribution in [2.75, 3.05) is 6.61 Å². The Balaban J connectivity index is 1.97. The lowest BCUT2D eigenvalue weighted by Crippen LogP contribution is -2.07. The minimum Gasteiger partial charge on any atom is -0.489 e. The molecular weight excluding hydrogens is 292 g/mol. The summed E-state index contributed by atoms with van der Waals surface area (Å²) in [6, 6.07) is 8.46. The third-order valence-electron chi connectivity index (χ3n) is 3.67. The molecule has 0 aliphatic rings. The lowest BCUT2D eigenvalue weighted by molar-refractivity contribution is 0.201. The predicted octanol–water partition coefficient (Wildman–Crippen LogP) is 3.84. The highest BCUT2D eigenvalue weighted by Crippen LogP contribution is 2.24. The molecule has 0 aliphatic carbocycles. The van der Waals surface area contributed by atoms with E-state index in [1.54, 1.807) is 18.2 Å². The summed E-state index contributed by atoms with van der Waals surface area (Å²) >= 11 is 0. The summed E-state index contributed by atoms with van der Waals surface area (Å²) in [5, 5.41) is 10.5. The molecule has 0 spiro atoms. The van der Waals surface area contributed by atoms with Crippen LogP contribution in [-0.2, 0) is 0 Å². The number of aliphatic hydroxyl groups is 1. The zero-order valence-electron chi connectivity index (χ0n) is 13.5. The molecule has 0 amide bonds. The number of ether oxygens (including phenoxy) is 1. The first-order valence-electron chi connectivity index (χ1n) is 7.62.